The predicted octanol–water partition coefficient (Wildman–Crippen LogP) is 2.04. The molecule has 0 amide bonds. The van der Waals surface area contributed by atoms with Gasteiger partial charge < -0.3 is 0 Å². The van der Waals surface area contributed by atoms with Crippen molar-refractivity contribution in [2.75, 3.05) is 0 Å². The van der Waals surface area contributed by atoms with E-state index in [1.807, 2.05) is 6.92 Å². The van der Waals surface area contributed by atoms with Gasteiger partial charge in [0.1, 0.15) is 6.29 Å². The highest BCUT2D eigenvalue weighted by Crippen LogP contribution is 2.19. The summed E-state index contributed by atoms with van der Waals surface area (Å²) < 4.78 is 24.5. The van der Waals surface area contributed by atoms with Crippen LogP contribution in [-0.2, 0) is 9.84 Å². The lowest BCUT2D eigenvalue weighted by Gasteiger charge is -2.04. The predicted molar refractivity (Wildman–Crippen MR) is 66.3 cm³/mol. The van der Waals surface area contributed by atoms with Gasteiger partial charge in [-0.1, -0.05) is 17.7 Å². The van der Waals surface area contributed by atoms with E-state index in [4.69, 9.17) is 0 Å². The largest absolute Gasteiger partial charge is 0.298 e. The summed E-state index contributed by atoms with van der Waals surface area (Å²) in [6, 6.07) is 9.22. The van der Waals surface area contributed by atoms with Gasteiger partial charge in [-0.15, -0.1) is 0 Å². The van der Waals surface area contributed by atoms with Gasteiger partial charge in [-0.05, 0) is 31.2 Å². The molecule has 0 saturated carbocycles. The second-order valence-electron chi connectivity index (χ2n) is 3.86. The van der Waals surface area contributed by atoms with Crippen molar-refractivity contribution >= 4 is 16.1 Å². The van der Waals surface area contributed by atoms with Crippen molar-refractivity contribution in [2.24, 2.45) is 0 Å². The molecule has 0 N–H and O–H groups in total. The molecule has 4 nitrogen and oxygen atoms in total. The topological polar surface area (TPSA) is 64.1 Å². The van der Waals surface area contributed by atoms with Crippen molar-refractivity contribution in [1.29, 1.82) is 0 Å². The number of hydrogen-bond donors (Lipinski definition) is 0. The van der Waals surface area contributed by atoms with Crippen LogP contribution in [-0.4, -0.2) is 19.7 Å². The van der Waals surface area contributed by atoms with E-state index in [1.165, 1.54) is 30.5 Å². The first-order chi connectivity index (χ1) is 8.54. The zero-order valence-corrected chi connectivity index (χ0v) is 10.5. The number of carbonyl (C=O) groups is 1. The molecule has 2 aromatic rings. The van der Waals surface area contributed by atoms with Crippen molar-refractivity contribution in [1.82, 2.24) is 4.98 Å². The van der Waals surface area contributed by atoms with Crippen LogP contribution in [0.15, 0.2) is 52.5 Å². The van der Waals surface area contributed by atoms with Crippen LogP contribution < -0.4 is 0 Å². The van der Waals surface area contributed by atoms with Gasteiger partial charge in [0.15, 0.2) is 5.03 Å². The lowest BCUT2D eigenvalue weighted by Crippen LogP contribution is -2.05. The van der Waals surface area contributed by atoms with E-state index in [2.05, 4.69) is 4.98 Å². The van der Waals surface area contributed by atoms with Crippen LogP contribution in [0.3, 0.4) is 0 Å². The number of rotatable bonds is 3. The average molecular weight is 261 g/mol. The number of hydrogen-bond acceptors (Lipinski definition) is 4. The van der Waals surface area contributed by atoms with Gasteiger partial charge >= 0.3 is 0 Å². The number of sulfone groups is 1. The van der Waals surface area contributed by atoms with Crippen LogP contribution in [0.5, 0.6) is 0 Å². The van der Waals surface area contributed by atoms with Crippen LogP contribution in [0.25, 0.3) is 0 Å². The quantitative estimate of drug-likeness (QED) is 0.793. The second kappa shape index (κ2) is 4.70. The van der Waals surface area contributed by atoms with Crippen LogP contribution in [0, 0.1) is 6.92 Å². The van der Waals surface area contributed by atoms with E-state index in [0.29, 0.717) is 6.29 Å². The third-order valence-corrected chi connectivity index (χ3v) is 4.17. The Morgan fingerprint density at radius 1 is 1.11 bits per heavy atom. The summed E-state index contributed by atoms with van der Waals surface area (Å²) in [6.45, 7) is 1.88. The summed E-state index contributed by atoms with van der Waals surface area (Å²) in [4.78, 5) is 14.6. The minimum Gasteiger partial charge on any atom is -0.298 e. The molecule has 0 aliphatic heterocycles. The molecule has 1 aromatic heterocycles. The minimum absolute atomic E-state index is 0.115. The highest BCUT2D eigenvalue weighted by molar-refractivity contribution is 7.91. The number of pyridine rings is 1. The number of benzene rings is 1. The van der Waals surface area contributed by atoms with E-state index >= 15 is 0 Å². The van der Waals surface area contributed by atoms with Gasteiger partial charge in [-0.2, -0.15) is 0 Å². The van der Waals surface area contributed by atoms with Crippen LogP contribution in [0.4, 0.5) is 0 Å². The summed E-state index contributed by atoms with van der Waals surface area (Å²) in [7, 11) is -3.66. The van der Waals surface area contributed by atoms with Gasteiger partial charge in [-0.3, -0.25) is 4.79 Å². The Bertz CT molecular complexity index is 676. The molecular formula is C13H11NO3S. The van der Waals surface area contributed by atoms with E-state index in [0.717, 1.165) is 5.56 Å². The fourth-order valence-electron chi connectivity index (χ4n) is 1.48. The highest BCUT2D eigenvalue weighted by atomic mass is 32.2. The zero-order valence-electron chi connectivity index (χ0n) is 9.70. The maximum absolute atomic E-state index is 12.2. The van der Waals surface area contributed by atoms with E-state index in [-0.39, 0.29) is 15.5 Å². The third kappa shape index (κ3) is 2.31. The molecule has 0 unspecified atom stereocenters. The summed E-state index contributed by atoms with van der Waals surface area (Å²) in [6.07, 6.45) is 1.90. The SMILES string of the molecule is Cc1ccc(S(=O)(=O)c2cc(C=O)ccn2)cc1. The Hall–Kier alpha value is -2.01. The van der Waals surface area contributed by atoms with E-state index in [1.54, 1.807) is 12.1 Å². The van der Waals surface area contributed by atoms with Crippen molar-refractivity contribution in [3.05, 3.63) is 53.7 Å². The molecule has 5 heteroatoms. The number of carbonyl (C=O) groups excluding carboxylic acids is 1. The number of nitrogens with zero attached hydrogens (tertiary/aromatic N) is 1. The molecule has 0 atom stereocenters. The summed E-state index contributed by atoms with van der Waals surface area (Å²) in [5.41, 5.74) is 1.26. The first kappa shape index (κ1) is 12.4. The summed E-state index contributed by atoms with van der Waals surface area (Å²) >= 11 is 0. The summed E-state index contributed by atoms with van der Waals surface area (Å²) in [5.74, 6) is 0. The molecule has 2 rings (SSSR count). The normalized spacial score (nSPS) is 11.2. The third-order valence-electron chi connectivity index (χ3n) is 2.50. The maximum Gasteiger partial charge on any atom is 0.223 e. The average Bonchev–Trinajstić information content (AvgIpc) is 2.39. The van der Waals surface area contributed by atoms with Crippen LogP contribution >= 0.6 is 0 Å². The zero-order chi connectivity index (χ0) is 13.2. The second-order valence-corrected chi connectivity index (χ2v) is 5.76. The Morgan fingerprint density at radius 2 is 1.78 bits per heavy atom. The lowest BCUT2D eigenvalue weighted by atomic mass is 10.2. The molecule has 0 fully saturated rings. The van der Waals surface area contributed by atoms with Gasteiger partial charge in [0.05, 0.1) is 4.90 Å². The van der Waals surface area contributed by atoms with Gasteiger partial charge in [-0.25, -0.2) is 13.4 Å². The smallest absolute Gasteiger partial charge is 0.223 e. The number of aryl methyl sites for hydroxylation is 1. The molecule has 0 aliphatic rings. The molecular weight excluding hydrogens is 250 g/mol. The Kier molecular flexibility index (Phi) is 3.25. The maximum atomic E-state index is 12.2. The number of aldehydes is 1. The van der Waals surface area contributed by atoms with Crippen LogP contribution in [0.2, 0.25) is 0 Å². The first-order valence-corrected chi connectivity index (χ1v) is 6.75. The first-order valence-electron chi connectivity index (χ1n) is 5.27. The van der Waals surface area contributed by atoms with Crippen molar-refractivity contribution in [2.45, 2.75) is 16.8 Å². The summed E-state index contributed by atoms with van der Waals surface area (Å²) in [5, 5.41) is -0.115. The van der Waals surface area contributed by atoms with Crippen LogP contribution in [0.1, 0.15) is 15.9 Å². The van der Waals surface area contributed by atoms with Crippen molar-refractivity contribution < 1.29 is 13.2 Å². The van der Waals surface area contributed by atoms with E-state index < -0.39 is 9.84 Å². The molecule has 0 saturated heterocycles. The highest BCUT2D eigenvalue weighted by Gasteiger charge is 2.19. The molecule has 18 heavy (non-hydrogen) atoms. The Morgan fingerprint density at radius 3 is 2.39 bits per heavy atom. The van der Waals surface area contributed by atoms with Crippen molar-refractivity contribution in [3.63, 3.8) is 0 Å². The van der Waals surface area contributed by atoms with Gasteiger partial charge in [0, 0.05) is 11.8 Å². The van der Waals surface area contributed by atoms with E-state index in [9.17, 15) is 13.2 Å². The number of aromatic nitrogens is 1. The molecule has 0 radical (unpaired) electrons. The minimum atomic E-state index is -3.66. The molecule has 1 heterocycles. The monoisotopic (exact) mass is 261 g/mol. The standard InChI is InChI=1S/C13H11NO3S/c1-10-2-4-12(5-3-10)18(16,17)13-8-11(9-15)6-7-14-13/h2-9H,1H3. The molecule has 0 bridgehead atoms. The fourth-order valence-corrected chi connectivity index (χ4v) is 2.71. The fraction of sp³-hybridized carbons (Fsp3) is 0.0769. The molecule has 92 valence electrons. The Labute approximate surface area is 105 Å². The molecule has 0 spiro atoms. The Balaban J connectivity index is 2.54. The van der Waals surface area contributed by atoms with Gasteiger partial charge in [0.25, 0.3) is 0 Å². The van der Waals surface area contributed by atoms with Gasteiger partial charge in [0.2, 0.25) is 9.84 Å². The lowest BCUT2D eigenvalue weighted by molar-refractivity contribution is 0.112. The molecule has 1 aromatic carbocycles. The van der Waals surface area contributed by atoms with Crippen molar-refractivity contribution in [3.8, 4) is 0 Å². The molecule has 0 aliphatic carbocycles.